The third-order valence-corrected chi connectivity index (χ3v) is 3.93. The van der Waals surface area contributed by atoms with Crippen molar-refractivity contribution in [1.29, 1.82) is 0 Å². The molecule has 1 amide bonds. The molecule has 2 aromatic rings. The minimum Gasteiger partial charge on any atom is -0.481 e. The third kappa shape index (κ3) is 4.91. The Balaban J connectivity index is 2.27. The van der Waals surface area contributed by atoms with E-state index in [1.165, 1.54) is 12.1 Å². The van der Waals surface area contributed by atoms with Crippen molar-refractivity contribution in [1.82, 2.24) is 5.32 Å². The number of halogens is 2. The van der Waals surface area contributed by atoms with Crippen molar-refractivity contribution >= 4 is 40.8 Å². The molecule has 0 bridgehead atoms. The Kier molecular flexibility index (Phi) is 5.95. The average molecular weight is 383 g/mol. The number of carbonyl (C=O) groups excluding carboxylic acids is 1. The summed E-state index contributed by atoms with van der Waals surface area (Å²) in [6, 6.07) is 9.12. The lowest BCUT2D eigenvalue weighted by Gasteiger charge is -2.17. The largest absolute Gasteiger partial charge is 0.481 e. The highest BCUT2D eigenvalue weighted by atomic mass is 35.5. The van der Waals surface area contributed by atoms with Gasteiger partial charge in [0.25, 0.3) is 11.6 Å². The molecule has 0 radical (unpaired) electrons. The van der Waals surface area contributed by atoms with Crippen LogP contribution in [0.25, 0.3) is 0 Å². The molecule has 2 N–H and O–H groups in total. The van der Waals surface area contributed by atoms with E-state index in [2.05, 4.69) is 5.32 Å². The first-order valence-electron chi connectivity index (χ1n) is 7.00. The zero-order chi connectivity index (χ0) is 18.6. The Bertz CT molecular complexity index is 824. The average Bonchev–Trinajstić information content (AvgIpc) is 2.54. The fourth-order valence-electron chi connectivity index (χ4n) is 2.16. The summed E-state index contributed by atoms with van der Waals surface area (Å²) in [5.41, 5.74) is 0.139. The molecule has 2 rings (SSSR count). The summed E-state index contributed by atoms with van der Waals surface area (Å²) < 4.78 is 0. The van der Waals surface area contributed by atoms with Crippen molar-refractivity contribution < 1.29 is 19.6 Å². The summed E-state index contributed by atoms with van der Waals surface area (Å²) in [5, 5.41) is 22.9. The van der Waals surface area contributed by atoms with E-state index < -0.39 is 28.5 Å². The van der Waals surface area contributed by atoms with E-state index in [1.807, 2.05) is 0 Å². The number of carboxylic acids is 1. The topological polar surface area (TPSA) is 110 Å². The molecule has 0 spiro atoms. The summed E-state index contributed by atoms with van der Waals surface area (Å²) in [6.45, 7) is 0. The second-order valence-electron chi connectivity index (χ2n) is 5.10. The van der Waals surface area contributed by atoms with Gasteiger partial charge in [0.15, 0.2) is 0 Å². The van der Waals surface area contributed by atoms with Crippen LogP contribution in [0.5, 0.6) is 0 Å². The molecule has 0 unspecified atom stereocenters. The maximum atomic E-state index is 12.4. The summed E-state index contributed by atoms with van der Waals surface area (Å²) in [4.78, 5) is 33.7. The van der Waals surface area contributed by atoms with E-state index in [9.17, 15) is 19.7 Å². The quantitative estimate of drug-likeness (QED) is 0.582. The molecule has 0 aromatic heterocycles. The van der Waals surface area contributed by atoms with Crippen LogP contribution in [-0.4, -0.2) is 21.9 Å². The van der Waals surface area contributed by atoms with Crippen molar-refractivity contribution in [3.8, 4) is 0 Å². The van der Waals surface area contributed by atoms with Crippen LogP contribution in [0.15, 0.2) is 42.5 Å². The lowest BCUT2D eigenvalue weighted by molar-refractivity contribution is -0.384. The Morgan fingerprint density at radius 2 is 1.80 bits per heavy atom. The second kappa shape index (κ2) is 7.96. The second-order valence-corrected chi connectivity index (χ2v) is 5.94. The molecule has 130 valence electrons. The van der Waals surface area contributed by atoms with Crippen LogP contribution in [0.4, 0.5) is 5.69 Å². The number of hydrogen-bond donors (Lipinski definition) is 2. The molecule has 0 fully saturated rings. The number of hydrogen-bond acceptors (Lipinski definition) is 4. The molecule has 0 aliphatic carbocycles. The number of amides is 1. The van der Waals surface area contributed by atoms with Crippen LogP contribution in [0, 0.1) is 10.1 Å². The molecular weight excluding hydrogens is 371 g/mol. The van der Waals surface area contributed by atoms with E-state index in [0.29, 0.717) is 10.6 Å². The van der Waals surface area contributed by atoms with Crippen LogP contribution in [-0.2, 0) is 4.79 Å². The summed E-state index contributed by atoms with van der Waals surface area (Å²) in [5.74, 6) is -1.76. The number of nitro groups is 1. The number of nitrogens with zero attached hydrogens (tertiary/aromatic N) is 1. The predicted molar refractivity (Wildman–Crippen MR) is 92.0 cm³/mol. The molecule has 9 heteroatoms. The van der Waals surface area contributed by atoms with Crippen LogP contribution in [0.3, 0.4) is 0 Å². The van der Waals surface area contributed by atoms with Crippen LogP contribution >= 0.6 is 23.2 Å². The van der Waals surface area contributed by atoms with Crippen molar-refractivity contribution in [2.24, 2.45) is 0 Å². The monoisotopic (exact) mass is 382 g/mol. The van der Waals surface area contributed by atoms with E-state index in [4.69, 9.17) is 28.3 Å². The maximum Gasteiger partial charge on any atom is 0.305 e. The van der Waals surface area contributed by atoms with Gasteiger partial charge in [-0.3, -0.25) is 19.7 Å². The standard InChI is InChI=1S/C16H12Cl2N2O5/c17-11-4-1-9(2-5-11)13(8-15(21)22)19-16(23)10-3-6-12(18)14(7-10)20(24)25/h1-7,13H,8H2,(H,19,23)(H,21,22)/t13-/m1/s1. The van der Waals surface area contributed by atoms with Gasteiger partial charge in [0, 0.05) is 16.7 Å². The molecule has 0 aliphatic rings. The van der Waals surface area contributed by atoms with Gasteiger partial charge in [0.1, 0.15) is 5.02 Å². The molecule has 0 aliphatic heterocycles. The molecule has 0 heterocycles. The van der Waals surface area contributed by atoms with Gasteiger partial charge in [-0.05, 0) is 29.8 Å². The first-order chi connectivity index (χ1) is 11.8. The van der Waals surface area contributed by atoms with E-state index in [-0.39, 0.29) is 17.0 Å². The zero-order valence-electron chi connectivity index (χ0n) is 12.6. The van der Waals surface area contributed by atoms with Gasteiger partial charge in [-0.25, -0.2) is 0 Å². The van der Waals surface area contributed by atoms with E-state index in [1.54, 1.807) is 24.3 Å². The van der Waals surface area contributed by atoms with Crippen LogP contribution < -0.4 is 5.32 Å². The number of aliphatic carboxylic acids is 1. The van der Waals surface area contributed by atoms with Crippen molar-refractivity contribution in [2.75, 3.05) is 0 Å². The number of nitrogens with one attached hydrogen (secondary N) is 1. The number of carbonyl (C=O) groups is 2. The highest BCUT2D eigenvalue weighted by Crippen LogP contribution is 2.26. The molecule has 1 atom stereocenters. The molecule has 25 heavy (non-hydrogen) atoms. The molecule has 0 saturated carbocycles. The Morgan fingerprint density at radius 1 is 1.16 bits per heavy atom. The lowest BCUT2D eigenvalue weighted by Crippen LogP contribution is -2.30. The predicted octanol–water partition coefficient (Wildman–Crippen LogP) is 3.85. The zero-order valence-corrected chi connectivity index (χ0v) is 14.1. The smallest absolute Gasteiger partial charge is 0.305 e. The number of nitro benzene ring substituents is 1. The number of benzene rings is 2. The lowest BCUT2D eigenvalue weighted by atomic mass is 10.0. The number of carboxylic acid groups (broad SMARTS) is 1. The molecular formula is C16H12Cl2N2O5. The van der Waals surface area contributed by atoms with Gasteiger partial charge in [-0.2, -0.15) is 0 Å². The first kappa shape index (κ1) is 18.7. The van der Waals surface area contributed by atoms with Gasteiger partial charge in [0.2, 0.25) is 0 Å². The fraction of sp³-hybridized carbons (Fsp3) is 0.125. The van der Waals surface area contributed by atoms with Gasteiger partial charge < -0.3 is 10.4 Å². The van der Waals surface area contributed by atoms with Gasteiger partial charge in [-0.15, -0.1) is 0 Å². The minimum absolute atomic E-state index is 0.000419. The fourth-order valence-corrected chi connectivity index (χ4v) is 2.47. The van der Waals surface area contributed by atoms with Crippen molar-refractivity contribution in [3.63, 3.8) is 0 Å². The third-order valence-electron chi connectivity index (χ3n) is 3.36. The highest BCUT2D eigenvalue weighted by Gasteiger charge is 2.21. The van der Waals surface area contributed by atoms with Gasteiger partial charge in [-0.1, -0.05) is 35.3 Å². The molecule has 2 aromatic carbocycles. The SMILES string of the molecule is O=C(O)C[C@@H](NC(=O)c1ccc(Cl)c([N+](=O)[O-])c1)c1ccc(Cl)cc1. The van der Waals surface area contributed by atoms with Crippen LogP contribution in [0.1, 0.15) is 28.4 Å². The summed E-state index contributed by atoms with van der Waals surface area (Å²) in [6.07, 6.45) is -0.358. The highest BCUT2D eigenvalue weighted by molar-refractivity contribution is 6.32. The normalized spacial score (nSPS) is 11.6. The number of rotatable bonds is 6. The molecule has 0 saturated heterocycles. The summed E-state index contributed by atoms with van der Waals surface area (Å²) in [7, 11) is 0. The Morgan fingerprint density at radius 3 is 2.36 bits per heavy atom. The Hall–Kier alpha value is -2.64. The minimum atomic E-state index is -1.11. The van der Waals surface area contributed by atoms with Gasteiger partial charge in [0.05, 0.1) is 17.4 Å². The van der Waals surface area contributed by atoms with Crippen molar-refractivity contribution in [2.45, 2.75) is 12.5 Å². The Labute approximate surface area is 152 Å². The van der Waals surface area contributed by atoms with Gasteiger partial charge >= 0.3 is 5.97 Å². The van der Waals surface area contributed by atoms with E-state index in [0.717, 1.165) is 6.07 Å². The van der Waals surface area contributed by atoms with E-state index >= 15 is 0 Å². The van der Waals surface area contributed by atoms with Crippen LogP contribution in [0.2, 0.25) is 10.0 Å². The molecule has 7 nitrogen and oxygen atoms in total. The summed E-state index contributed by atoms with van der Waals surface area (Å²) >= 11 is 11.5. The first-order valence-corrected chi connectivity index (χ1v) is 7.75. The maximum absolute atomic E-state index is 12.4. The van der Waals surface area contributed by atoms with Crippen molar-refractivity contribution in [3.05, 3.63) is 73.8 Å².